The largest absolute Gasteiger partial charge is 0.377 e. The summed E-state index contributed by atoms with van der Waals surface area (Å²) in [6.07, 6.45) is 5.87. The summed E-state index contributed by atoms with van der Waals surface area (Å²) in [4.78, 5) is 4.01. The Labute approximate surface area is 95.0 Å². The smallest absolute Gasteiger partial charge is 0.138 e. The van der Waals surface area contributed by atoms with Gasteiger partial charge in [0.05, 0.1) is 30.4 Å². The van der Waals surface area contributed by atoms with Crippen molar-refractivity contribution in [3.05, 3.63) is 18.2 Å². The van der Waals surface area contributed by atoms with Gasteiger partial charge in [-0.25, -0.2) is 4.98 Å². The molecule has 5 nitrogen and oxygen atoms in total. The molecule has 0 amide bonds. The minimum absolute atomic E-state index is 0.254. The van der Waals surface area contributed by atoms with Crippen molar-refractivity contribution >= 4 is 0 Å². The minimum Gasteiger partial charge on any atom is -0.377 e. The normalized spacial score (nSPS) is 21.9. The van der Waals surface area contributed by atoms with Crippen molar-refractivity contribution in [2.24, 2.45) is 7.05 Å². The fourth-order valence-corrected chi connectivity index (χ4v) is 1.92. The maximum atomic E-state index is 9.10. The molecule has 0 bridgehead atoms. The molecule has 2 heterocycles. The first-order chi connectivity index (χ1) is 7.81. The summed E-state index contributed by atoms with van der Waals surface area (Å²) in [7, 11) is 1.89. The van der Waals surface area contributed by atoms with Gasteiger partial charge in [-0.15, -0.1) is 0 Å². The van der Waals surface area contributed by atoms with Gasteiger partial charge in [0.1, 0.15) is 6.04 Å². The van der Waals surface area contributed by atoms with Crippen molar-refractivity contribution in [3.63, 3.8) is 0 Å². The Morgan fingerprint density at radius 1 is 1.81 bits per heavy atom. The summed E-state index contributed by atoms with van der Waals surface area (Å²) in [5.74, 6) is 0. The van der Waals surface area contributed by atoms with Crippen LogP contribution in [-0.2, 0) is 11.8 Å². The zero-order valence-electron chi connectivity index (χ0n) is 9.39. The maximum Gasteiger partial charge on any atom is 0.138 e. The van der Waals surface area contributed by atoms with E-state index in [0.717, 1.165) is 31.7 Å². The van der Waals surface area contributed by atoms with Crippen LogP contribution in [0.4, 0.5) is 0 Å². The lowest BCUT2D eigenvalue weighted by Crippen LogP contribution is -2.30. The number of imidazole rings is 1. The van der Waals surface area contributed by atoms with Gasteiger partial charge in [-0.2, -0.15) is 5.26 Å². The third kappa shape index (κ3) is 2.40. The van der Waals surface area contributed by atoms with Gasteiger partial charge in [0.15, 0.2) is 0 Å². The van der Waals surface area contributed by atoms with Crippen molar-refractivity contribution in [1.29, 1.82) is 5.26 Å². The van der Waals surface area contributed by atoms with Crippen LogP contribution in [0.25, 0.3) is 0 Å². The summed E-state index contributed by atoms with van der Waals surface area (Å²) in [6, 6.07) is 1.93. The van der Waals surface area contributed by atoms with Gasteiger partial charge in [-0.05, 0) is 12.8 Å². The molecular weight excluding hydrogens is 204 g/mol. The molecule has 0 spiro atoms. The molecule has 2 rings (SSSR count). The van der Waals surface area contributed by atoms with Crippen LogP contribution in [0.15, 0.2) is 12.5 Å². The van der Waals surface area contributed by atoms with Crippen LogP contribution in [0, 0.1) is 11.3 Å². The van der Waals surface area contributed by atoms with Crippen molar-refractivity contribution < 1.29 is 4.74 Å². The van der Waals surface area contributed by atoms with E-state index in [1.807, 2.05) is 11.6 Å². The predicted molar refractivity (Wildman–Crippen MR) is 58.5 cm³/mol. The van der Waals surface area contributed by atoms with Crippen LogP contribution in [0.2, 0.25) is 0 Å². The number of aryl methyl sites for hydroxylation is 1. The third-order valence-corrected chi connectivity index (χ3v) is 2.85. The SMILES string of the molecule is Cn1cncc1C(C#N)NCC1CCCO1. The van der Waals surface area contributed by atoms with Gasteiger partial charge in [-0.1, -0.05) is 0 Å². The molecule has 5 heteroatoms. The zero-order chi connectivity index (χ0) is 11.4. The van der Waals surface area contributed by atoms with Gasteiger partial charge in [0.2, 0.25) is 0 Å². The lowest BCUT2D eigenvalue weighted by Gasteiger charge is -2.15. The number of hydrogen-bond donors (Lipinski definition) is 1. The molecule has 0 saturated carbocycles. The molecular formula is C11H16N4O. The van der Waals surface area contributed by atoms with E-state index in [-0.39, 0.29) is 12.1 Å². The number of rotatable bonds is 4. The Morgan fingerprint density at radius 3 is 3.25 bits per heavy atom. The molecule has 1 aliphatic rings. The zero-order valence-corrected chi connectivity index (χ0v) is 9.39. The standard InChI is InChI=1S/C11H16N4O/c1-15-8-13-7-11(15)10(5-12)14-6-9-3-2-4-16-9/h7-10,14H,2-4,6H2,1H3. The average molecular weight is 220 g/mol. The van der Waals surface area contributed by atoms with Gasteiger partial charge in [0, 0.05) is 20.2 Å². The quantitative estimate of drug-likeness (QED) is 0.813. The second kappa shape index (κ2) is 5.10. The van der Waals surface area contributed by atoms with E-state index in [9.17, 15) is 0 Å². The monoisotopic (exact) mass is 220 g/mol. The van der Waals surface area contributed by atoms with Crippen molar-refractivity contribution in [2.45, 2.75) is 25.0 Å². The molecule has 1 saturated heterocycles. The van der Waals surface area contributed by atoms with E-state index in [2.05, 4.69) is 16.4 Å². The Bertz CT molecular complexity index is 376. The number of nitrogens with one attached hydrogen (secondary N) is 1. The number of nitrogens with zero attached hydrogens (tertiary/aromatic N) is 3. The van der Waals surface area contributed by atoms with Gasteiger partial charge >= 0.3 is 0 Å². The molecule has 1 fully saturated rings. The van der Waals surface area contributed by atoms with Crippen LogP contribution >= 0.6 is 0 Å². The van der Waals surface area contributed by atoms with E-state index in [4.69, 9.17) is 10.00 Å². The second-order valence-corrected chi connectivity index (χ2v) is 4.03. The topological polar surface area (TPSA) is 62.9 Å². The molecule has 2 unspecified atom stereocenters. The second-order valence-electron chi connectivity index (χ2n) is 4.03. The molecule has 0 aromatic carbocycles. The third-order valence-electron chi connectivity index (χ3n) is 2.85. The van der Waals surface area contributed by atoms with Gasteiger partial charge in [-0.3, -0.25) is 5.32 Å². The first-order valence-electron chi connectivity index (χ1n) is 5.52. The van der Waals surface area contributed by atoms with Crippen LogP contribution in [0.5, 0.6) is 0 Å². The fraction of sp³-hybridized carbons (Fsp3) is 0.636. The van der Waals surface area contributed by atoms with E-state index in [0.29, 0.717) is 0 Å². The highest BCUT2D eigenvalue weighted by atomic mass is 16.5. The van der Waals surface area contributed by atoms with E-state index < -0.39 is 0 Å². The first kappa shape index (κ1) is 11.1. The average Bonchev–Trinajstić information content (AvgIpc) is 2.92. The number of nitriles is 1. The van der Waals surface area contributed by atoms with Gasteiger partial charge in [0.25, 0.3) is 0 Å². The number of hydrogen-bond acceptors (Lipinski definition) is 4. The van der Waals surface area contributed by atoms with Crippen LogP contribution in [0.3, 0.4) is 0 Å². The molecule has 0 aliphatic carbocycles. The summed E-state index contributed by atoms with van der Waals surface area (Å²) < 4.78 is 7.36. The minimum atomic E-state index is -0.309. The summed E-state index contributed by atoms with van der Waals surface area (Å²) >= 11 is 0. The van der Waals surface area contributed by atoms with Crippen molar-refractivity contribution in [1.82, 2.24) is 14.9 Å². The molecule has 2 atom stereocenters. The summed E-state index contributed by atoms with van der Waals surface area (Å²) in [6.45, 7) is 1.57. The van der Waals surface area contributed by atoms with E-state index >= 15 is 0 Å². The highest BCUT2D eigenvalue weighted by Crippen LogP contribution is 2.14. The van der Waals surface area contributed by atoms with E-state index in [1.165, 1.54) is 0 Å². The molecule has 16 heavy (non-hydrogen) atoms. The van der Waals surface area contributed by atoms with Crippen LogP contribution < -0.4 is 5.32 Å². The summed E-state index contributed by atoms with van der Waals surface area (Å²) in [5.41, 5.74) is 0.889. The van der Waals surface area contributed by atoms with Crippen LogP contribution in [-0.4, -0.2) is 28.8 Å². The molecule has 1 aromatic heterocycles. The van der Waals surface area contributed by atoms with Crippen molar-refractivity contribution in [3.8, 4) is 6.07 Å². The Balaban J connectivity index is 1.91. The molecule has 0 radical (unpaired) electrons. The Morgan fingerprint density at radius 2 is 2.69 bits per heavy atom. The Kier molecular flexibility index (Phi) is 3.54. The maximum absolute atomic E-state index is 9.10. The molecule has 1 aromatic rings. The van der Waals surface area contributed by atoms with Gasteiger partial charge < -0.3 is 9.30 Å². The predicted octanol–water partition coefficient (Wildman–Crippen LogP) is 0.753. The lowest BCUT2D eigenvalue weighted by molar-refractivity contribution is 0.109. The number of aromatic nitrogens is 2. The fourth-order valence-electron chi connectivity index (χ4n) is 1.92. The highest BCUT2D eigenvalue weighted by molar-refractivity contribution is 5.13. The first-order valence-corrected chi connectivity index (χ1v) is 5.52. The Hall–Kier alpha value is -1.38. The van der Waals surface area contributed by atoms with E-state index in [1.54, 1.807) is 12.5 Å². The lowest BCUT2D eigenvalue weighted by atomic mass is 10.2. The summed E-state index contributed by atoms with van der Waals surface area (Å²) in [5, 5.41) is 12.3. The molecule has 1 aliphatic heterocycles. The molecule has 1 N–H and O–H groups in total. The highest BCUT2D eigenvalue weighted by Gasteiger charge is 2.19. The molecule has 86 valence electrons. The van der Waals surface area contributed by atoms with Crippen LogP contribution in [0.1, 0.15) is 24.6 Å². The number of ether oxygens (including phenoxy) is 1. The van der Waals surface area contributed by atoms with Crippen molar-refractivity contribution in [2.75, 3.05) is 13.2 Å².